The minimum absolute atomic E-state index is 0.224. The lowest BCUT2D eigenvalue weighted by Crippen LogP contribution is -2.47. The largest absolute Gasteiger partial charge is 0.504 e. The van der Waals surface area contributed by atoms with Crippen molar-refractivity contribution in [3.63, 3.8) is 0 Å². The zero-order valence-electron chi connectivity index (χ0n) is 15.1. The molecule has 3 rings (SSSR count). The van der Waals surface area contributed by atoms with Gasteiger partial charge in [-0.15, -0.1) is 0 Å². The van der Waals surface area contributed by atoms with Crippen LogP contribution in [0.2, 0.25) is 0 Å². The highest BCUT2D eigenvalue weighted by Crippen LogP contribution is 2.46. The predicted octanol–water partition coefficient (Wildman–Crippen LogP) is 2.88. The Hall–Kier alpha value is -1.79. The minimum Gasteiger partial charge on any atom is -0.504 e. The maximum atomic E-state index is 9.94. The van der Waals surface area contributed by atoms with Crippen LogP contribution in [0.5, 0.6) is 11.5 Å². The number of hydrogen-bond donors (Lipinski definition) is 2. The lowest BCUT2D eigenvalue weighted by atomic mass is 9.76. The molecular weight excluding hydrogens is 322 g/mol. The lowest BCUT2D eigenvalue weighted by molar-refractivity contribution is -0.122. The van der Waals surface area contributed by atoms with Crippen LogP contribution in [0.1, 0.15) is 37.7 Å². The number of phenolic OH excluding ortho intramolecular Hbond substituents is 1. The van der Waals surface area contributed by atoms with Gasteiger partial charge in [-0.1, -0.05) is 12.5 Å². The number of nitrogens with zero attached hydrogens (tertiary/aromatic N) is 1. The Bertz CT molecular complexity index is 565. The van der Waals surface area contributed by atoms with Gasteiger partial charge in [0.1, 0.15) is 0 Å². The first kappa shape index (κ1) is 19.5. The van der Waals surface area contributed by atoms with Crippen molar-refractivity contribution in [1.82, 2.24) is 4.90 Å². The third-order valence-electron chi connectivity index (χ3n) is 5.45. The van der Waals surface area contributed by atoms with Crippen LogP contribution in [0.3, 0.4) is 0 Å². The van der Waals surface area contributed by atoms with E-state index in [9.17, 15) is 5.11 Å². The number of carboxylic acid groups (broad SMARTS) is 1. The molecule has 0 aromatic heterocycles. The molecule has 1 aliphatic heterocycles. The van der Waals surface area contributed by atoms with Gasteiger partial charge in [-0.25, -0.2) is 0 Å². The number of aromatic hydroxyl groups is 1. The highest BCUT2D eigenvalue weighted by molar-refractivity contribution is 5.41. The molecule has 1 aromatic rings. The molecule has 1 aliphatic carbocycles. The number of hydrogen-bond acceptors (Lipinski definition) is 5. The first-order chi connectivity index (χ1) is 12.1. The Morgan fingerprint density at radius 3 is 2.68 bits per heavy atom. The Kier molecular flexibility index (Phi) is 7.08. The van der Waals surface area contributed by atoms with Crippen molar-refractivity contribution in [3.05, 3.63) is 23.8 Å². The van der Waals surface area contributed by atoms with E-state index in [2.05, 4.69) is 4.90 Å². The molecule has 2 atom stereocenters. The van der Waals surface area contributed by atoms with E-state index in [0.717, 1.165) is 25.2 Å². The third-order valence-corrected chi connectivity index (χ3v) is 5.45. The molecule has 0 unspecified atom stereocenters. The summed E-state index contributed by atoms with van der Waals surface area (Å²) in [5.74, 6) is 0.761. The van der Waals surface area contributed by atoms with E-state index in [0.29, 0.717) is 17.3 Å². The monoisotopic (exact) mass is 351 g/mol. The van der Waals surface area contributed by atoms with E-state index in [1.54, 1.807) is 7.11 Å². The highest BCUT2D eigenvalue weighted by atomic mass is 16.5. The summed E-state index contributed by atoms with van der Waals surface area (Å²) >= 11 is 0. The van der Waals surface area contributed by atoms with Crippen molar-refractivity contribution >= 4 is 6.47 Å². The Balaban J connectivity index is 0.000000701. The molecule has 1 spiro atoms. The molecule has 0 bridgehead atoms. The zero-order chi connectivity index (χ0) is 18.3. The maximum Gasteiger partial charge on any atom is 0.290 e. The highest BCUT2D eigenvalue weighted by Gasteiger charge is 2.45. The maximum absolute atomic E-state index is 9.94. The molecule has 0 amide bonds. The Morgan fingerprint density at radius 1 is 1.32 bits per heavy atom. The van der Waals surface area contributed by atoms with Crippen molar-refractivity contribution in [1.29, 1.82) is 0 Å². The number of likely N-dealkylation sites (tertiary alicyclic amines) is 1. The van der Waals surface area contributed by atoms with Gasteiger partial charge in [0.25, 0.3) is 6.47 Å². The quantitative estimate of drug-likeness (QED) is 0.812. The smallest absolute Gasteiger partial charge is 0.290 e. The van der Waals surface area contributed by atoms with E-state index in [-0.39, 0.29) is 12.2 Å². The van der Waals surface area contributed by atoms with Crippen molar-refractivity contribution < 1.29 is 24.5 Å². The number of methoxy groups -OCH3 is 2. The molecule has 25 heavy (non-hydrogen) atoms. The Morgan fingerprint density at radius 2 is 2.04 bits per heavy atom. The van der Waals surface area contributed by atoms with Crippen molar-refractivity contribution in [2.75, 3.05) is 27.3 Å². The van der Waals surface area contributed by atoms with Gasteiger partial charge in [0.2, 0.25) is 0 Å². The van der Waals surface area contributed by atoms with Gasteiger partial charge in [-0.3, -0.25) is 9.69 Å². The fourth-order valence-electron chi connectivity index (χ4n) is 4.43. The van der Waals surface area contributed by atoms with Gasteiger partial charge in [-0.2, -0.15) is 0 Å². The molecule has 1 saturated carbocycles. The van der Waals surface area contributed by atoms with Gasteiger partial charge < -0.3 is 19.7 Å². The van der Waals surface area contributed by atoms with Crippen LogP contribution in [-0.2, 0) is 16.1 Å². The fourth-order valence-corrected chi connectivity index (χ4v) is 4.43. The van der Waals surface area contributed by atoms with Crippen LogP contribution in [0.4, 0.5) is 0 Å². The molecular formula is C19H29NO5. The van der Waals surface area contributed by atoms with Crippen LogP contribution in [0.15, 0.2) is 18.2 Å². The van der Waals surface area contributed by atoms with Crippen LogP contribution in [-0.4, -0.2) is 55.0 Å². The topological polar surface area (TPSA) is 79.2 Å². The van der Waals surface area contributed by atoms with Gasteiger partial charge in [0.15, 0.2) is 11.5 Å². The number of phenols is 1. The normalized spacial score (nSPS) is 26.1. The standard InChI is InChI=1S/C18H27NO3.CH2O2/c1-21-16-7-6-14(11-15(16)20)12-19-10-4-9-18(13-19)8-3-5-17(18)22-2;2-1-3/h6-7,11,17,20H,3-5,8-10,12-13H2,1-2H3;1H,(H,2,3)/t17-,18-;/m1./s1. The summed E-state index contributed by atoms with van der Waals surface area (Å²) in [6, 6.07) is 5.71. The first-order valence-electron chi connectivity index (χ1n) is 8.77. The number of piperidine rings is 1. The van der Waals surface area contributed by atoms with Gasteiger partial charge >= 0.3 is 0 Å². The van der Waals surface area contributed by atoms with Crippen molar-refractivity contribution in [2.24, 2.45) is 5.41 Å². The summed E-state index contributed by atoms with van der Waals surface area (Å²) in [7, 11) is 3.44. The van der Waals surface area contributed by atoms with Crippen LogP contribution in [0, 0.1) is 5.41 Å². The summed E-state index contributed by atoms with van der Waals surface area (Å²) in [4.78, 5) is 10.9. The average molecular weight is 351 g/mol. The second-order valence-corrected chi connectivity index (χ2v) is 6.90. The van der Waals surface area contributed by atoms with Gasteiger partial charge in [0.05, 0.1) is 13.2 Å². The Labute approximate surface area is 149 Å². The molecule has 2 N–H and O–H groups in total. The van der Waals surface area contributed by atoms with Crippen LogP contribution < -0.4 is 4.74 Å². The average Bonchev–Trinajstić information content (AvgIpc) is 2.97. The van der Waals surface area contributed by atoms with Gasteiger partial charge in [0, 0.05) is 25.6 Å². The number of carbonyl (C=O) groups is 1. The minimum atomic E-state index is -0.250. The second-order valence-electron chi connectivity index (χ2n) is 6.90. The fraction of sp³-hybridized carbons (Fsp3) is 0.632. The summed E-state index contributed by atoms with van der Waals surface area (Å²) in [6.45, 7) is 2.87. The molecule has 140 valence electrons. The zero-order valence-corrected chi connectivity index (χ0v) is 15.1. The molecule has 1 saturated heterocycles. The summed E-state index contributed by atoms with van der Waals surface area (Å²) in [6.07, 6.45) is 6.72. The van der Waals surface area contributed by atoms with E-state index >= 15 is 0 Å². The van der Waals surface area contributed by atoms with Crippen molar-refractivity contribution in [2.45, 2.75) is 44.8 Å². The summed E-state index contributed by atoms with van der Waals surface area (Å²) < 4.78 is 10.9. The number of ether oxygens (including phenoxy) is 2. The van der Waals surface area contributed by atoms with Crippen LogP contribution >= 0.6 is 0 Å². The van der Waals surface area contributed by atoms with Gasteiger partial charge in [-0.05, 0) is 49.9 Å². The molecule has 1 aromatic carbocycles. The molecule has 2 aliphatic rings. The molecule has 1 heterocycles. The molecule has 0 radical (unpaired) electrons. The summed E-state index contributed by atoms with van der Waals surface area (Å²) in [5, 5.41) is 16.8. The summed E-state index contributed by atoms with van der Waals surface area (Å²) in [5.41, 5.74) is 1.49. The van der Waals surface area contributed by atoms with Crippen molar-refractivity contribution in [3.8, 4) is 11.5 Å². The third kappa shape index (κ3) is 4.64. The van der Waals surface area contributed by atoms with E-state index in [1.807, 2.05) is 25.3 Å². The molecule has 2 fully saturated rings. The van der Waals surface area contributed by atoms with E-state index in [1.165, 1.54) is 32.1 Å². The van der Waals surface area contributed by atoms with Crippen LogP contribution in [0.25, 0.3) is 0 Å². The predicted molar refractivity (Wildman–Crippen MR) is 94.9 cm³/mol. The SMILES string of the molecule is COc1ccc(CN2CCC[C@]3(CCC[C@H]3OC)C2)cc1O.O=CO. The second kappa shape index (κ2) is 9.06. The molecule has 6 heteroatoms. The first-order valence-corrected chi connectivity index (χ1v) is 8.77. The van der Waals surface area contributed by atoms with E-state index in [4.69, 9.17) is 19.4 Å². The lowest BCUT2D eigenvalue weighted by Gasteiger charge is -2.43. The molecule has 6 nitrogen and oxygen atoms in total. The number of benzene rings is 1. The number of rotatable bonds is 4. The van der Waals surface area contributed by atoms with E-state index < -0.39 is 0 Å².